The molecule has 2 heterocycles. The van der Waals surface area contributed by atoms with Gasteiger partial charge in [0, 0.05) is 10.9 Å². The lowest BCUT2D eigenvalue weighted by molar-refractivity contribution is -0.145. The number of fused-ring (bicyclic) bond motifs is 1. The zero-order valence-electron chi connectivity index (χ0n) is 12.1. The topological polar surface area (TPSA) is 61.2 Å². The summed E-state index contributed by atoms with van der Waals surface area (Å²) in [7, 11) is 0. The van der Waals surface area contributed by atoms with E-state index in [-0.39, 0.29) is 24.4 Å². The standard InChI is InChI=1S/C16H13BrN2O3S/c17-15-7-11(10-23-15)9-22-16(21)5-6-19-13-4-2-1-3-12(13)14(20)8-18-19/h1-4,7-8,10H,5-6,9H2. The number of ether oxygens (including phenoxy) is 1. The number of thiophene rings is 1. The smallest absolute Gasteiger partial charge is 0.308 e. The van der Waals surface area contributed by atoms with Gasteiger partial charge >= 0.3 is 5.97 Å². The molecule has 0 aliphatic heterocycles. The number of aryl methyl sites for hydroxylation is 1. The van der Waals surface area contributed by atoms with Crippen LogP contribution in [-0.2, 0) is 22.7 Å². The third-order valence-corrected chi connectivity index (χ3v) is 4.86. The molecule has 118 valence electrons. The van der Waals surface area contributed by atoms with Crippen molar-refractivity contribution in [2.75, 3.05) is 0 Å². The Bertz CT molecular complexity index is 903. The van der Waals surface area contributed by atoms with Crippen molar-refractivity contribution < 1.29 is 9.53 Å². The van der Waals surface area contributed by atoms with E-state index < -0.39 is 0 Å². The number of para-hydroxylation sites is 1. The Kier molecular flexibility index (Phi) is 4.88. The Labute approximate surface area is 144 Å². The van der Waals surface area contributed by atoms with Crippen LogP contribution >= 0.6 is 27.3 Å². The van der Waals surface area contributed by atoms with Gasteiger partial charge in [0.1, 0.15) is 6.61 Å². The molecule has 7 heteroatoms. The van der Waals surface area contributed by atoms with Gasteiger partial charge in [0.05, 0.1) is 28.5 Å². The second-order valence-corrected chi connectivity index (χ2v) is 7.21. The third-order valence-electron chi connectivity index (χ3n) is 3.31. The van der Waals surface area contributed by atoms with Gasteiger partial charge in [-0.2, -0.15) is 5.10 Å². The normalized spacial score (nSPS) is 10.8. The molecule has 0 saturated heterocycles. The molecular weight excluding hydrogens is 380 g/mol. The molecule has 1 aromatic carbocycles. The van der Waals surface area contributed by atoms with Crippen molar-refractivity contribution in [3.8, 4) is 0 Å². The van der Waals surface area contributed by atoms with Gasteiger partial charge in [-0.3, -0.25) is 14.3 Å². The van der Waals surface area contributed by atoms with Gasteiger partial charge in [0.2, 0.25) is 5.43 Å². The maximum Gasteiger partial charge on any atom is 0.308 e. The van der Waals surface area contributed by atoms with E-state index >= 15 is 0 Å². The van der Waals surface area contributed by atoms with Gasteiger partial charge in [0.15, 0.2) is 0 Å². The fourth-order valence-corrected chi connectivity index (χ4v) is 3.39. The molecule has 3 rings (SSSR count). The lowest BCUT2D eigenvalue weighted by Gasteiger charge is -2.09. The predicted molar refractivity (Wildman–Crippen MR) is 92.4 cm³/mol. The maximum atomic E-state index is 11.9. The van der Waals surface area contributed by atoms with E-state index in [0.29, 0.717) is 11.9 Å². The maximum absolute atomic E-state index is 11.9. The van der Waals surface area contributed by atoms with Gasteiger partial charge in [-0.1, -0.05) is 12.1 Å². The highest BCUT2D eigenvalue weighted by molar-refractivity contribution is 9.11. The summed E-state index contributed by atoms with van der Waals surface area (Å²) in [6.45, 7) is 0.631. The molecule has 0 N–H and O–H groups in total. The van der Waals surface area contributed by atoms with Crippen LogP contribution in [0.15, 0.2) is 50.5 Å². The highest BCUT2D eigenvalue weighted by Gasteiger charge is 2.08. The SMILES string of the molecule is O=C(CCn1ncc(=O)c2ccccc21)OCc1csc(Br)c1. The van der Waals surface area contributed by atoms with E-state index in [2.05, 4.69) is 21.0 Å². The van der Waals surface area contributed by atoms with Gasteiger partial charge in [0.25, 0.3) is 0 Å². The summed E-state index contributed by atoms with van der Waals surface area (Å²) in [5.74, 6) is -0.295. The molecule has 0 aliphatic carbocycles. The van der Waals surface area contributed by atoms with Crippen LogP contribution in [0.25, 0.3) is 10.9 Å². The van der Waals surface area contributed by atoms with Crippen LogP contribution in [0.3, 0.4) is 0 Å². The first-order valence-electron chi connectivity index (χ1n) is 6.97. The summed E-state index contributed by atoms with van der Waals surface area (Å²) in [4.78, 5) is 23.6. The summed E-state index contributed by atoms with van der Waals surface area (Å²) < 4.78 is 7.90. The van der Waals surface area contributed by atoms with E-state index in [1.54, 1.807) is 28.2 Å². The molecule has 5 nitrogen and oxygen atoms in total. The molecule has 2 aromatic heterocycles. The number of hydrogen-bond acceptors (Lipinski definition) is 5. The van der Waals surface area contributed by atoms with Crippen molar-refractivity contribution >= 4 is 44.1 Å². The van der Waals surface area contributed by atoms with E-state index in [0.717, 1.165) is 14.9 Å². The summed E-state index contributed by atoms with van der Waals surface area (Å²) in [5, 5.41) is 6.63. The summed E-state index contributed by atoms with van der Waals surface area (Å²) in [6.07, 6.45) is 1.47. The Morgan fingerprint density at radius 1 is 1.35 bits per heavy atom. The Morgan fingerprint density at radius 2 is 2.17 bits per heavy atom. The van der Waals surface area contributed by atoms with Crippen LogP contribution in [0.4, 0.5) is 0 Å². The Balaban J connectivity index is 1.63. The molecule has 3 aromatic rings. The minimum atomic E-state index is -0.295. The molecular formula is C16H13BrN2O3S. The molecule has 23 heavy (non-hydrogen) atoms. The van der Waals surface area contributed by atoms with Crippen LogP contribution in [0.5, 0.6) is 0 Å². The highest BCUT2D eigenvalue weighted by atomic mass is 79.9. The van der Waals surface area contributed by atoms with E-state index in [4.69, 9.17) is 4.74 Å². The van der Waals surface area contributed by atoms with Crippen LogP contribution in [0.1, 0.15) is 12.0 Å². The molecule has 0 unspecified atom stereocenters. The van der Waals surface area contributed by atoms with Gasteiger partial charge in [-0.05, 0) is 39.5 Å². The number of aromatic nitrogens is 2. The zero-order valence-corrected chi connectivity index (χ0v) is 14.5. The molecule has 0 saturated carbocycles. The first kappa shape index (κ1) is 15.9. The lowest BCUT2D eigenvalue weighted by Crippen LogP contribution is -2.15. The number of benzene rings is 1. The quantitative estimate of drug-likeness (QED) is 0.624. The number of esters is 1. The first-order valence-corrected chi connectivity index (χ1v) is 8.64. The number of carbonyl (C=O) groups excluding carboxylic acids is 1. The van der Waals surface area contributed by atoms with Crippen LogP contribution in [0, 0.1) is 0 Å². The zero-order chi connectivity index (χ0) is 16.2. The monoisotopic (exact) mass is 392 g/mol. The largest absolute Gasteiger partial charge is 0.461 e. The Morgan fingerprint density at radius 3 is 2.96 bits per heavy atom. The molecule has 0 bridgehead atoms. The van der Waals surface area contributed by atoms with Gasteiger partial charge < -0.3 is 4.74 Å². The molecule has 0 spiro atoms. The number of carbonyl (C=O) groups is 1. The minimum Gasteiger partial charge on any atom is -0.461 e. The number of rotatable bonds is 5. The third kappa shape index (κ3) is 3.86. The second kappa shape index (κ2) is 7.06. The van der Waals surface area contributed by atoms with E-state index in [1.165, 1.54) is 6.20 Å². The molecule has 0 aliphatic rings. The van der Waals surface area contributed by atoms with Crippen LogP contribution in [0.2, 0.25) is 0 Å². The minimum absolute atomic E-state index is 0.123. The number of hydrogen-bond donors (Lipinski definition) is 0. The van der Waals surface area contributed by atoms with E-state index in [1.807, 2.05) is 23.6 Å². The van der Waals surface area contributed by atoms with Gasteiger partial charge in [-0.25, -0.2) is 0 Å². The average Bonchev–Trinajstić information content (AvgIpc) is 2.98. The van der Waals surface area contributed by atoms with Crippen molar-refractivity contribution in [2.45, 2.75) is 19.6 Å². The predicted octanol–water partition coefficient (Wildman–Crippen LogP) is 3.35. The van der Waals surface area contributed by atoms with Crippen molar-refractivity contribution in [1.29, 1.82) is 0 Å². The highest BCUT2D eigenvalue weighted by Crippen LogP contribution is 2.21. The summed E-state index contributed by atoms with van der Waals surface area (Å²) >= 11 is 4.92. The van der Waals surface area contributed by atoms with Crippen molar-refractivity contribution in [1.82, 2.24) is 9.78 Å². The molecule has 0 fully saturated rings. The van der Waals surface area contributed by atoms with Crippen molar-refractivity contribution in [2.24, 2.45) is 0 Å². The molecule has 0 atom stereocenters. The molecule has 0 radical (unpaired) electrons. The van der Waals surface area contributed by atoms with E-state index in [9.17, 15) is 9.59 Å². The first-order chi connectivity index (χ1) is 11.1. The average molecular weight is 393 g/mol. The molecule has 0 amide bonds. The second-order valence-electron chi connectivity index (χ2n) is 4.92. The van der Waals surface area contributed by atoms with Crippen LogP contribution < -0.4 is 5.43 Å². The number of halogens is 1. The fourth-order valence-electron chi connectivity index (χ4n) is 2.19. The van der Waals surface area contributed by atoms with Crippen LogP contribution in [-0.4, -0.2) is 15.7 Å². The number of nitrogens with zero attached hydrogens (tertiary/aromatic N) is 2. The fraction of sp³-hybridized carbons (Fsp3) is 0.188. The summed E-state index contributed by atoms with van der Waals surface area (Å²) in [5.41, 5.74) is 1.55. The summed E-state index contributed by atoms with van der Waals surface area (Å²) in [6, 6.07) is 9.14. The van der Waals surface area contributed by atoms with Crippen molar-refractivity contribution in [3.05, 3.63) is 61.5 Å². The lowest BCUT2D eigenvalue weighted by atomic mass is 10.2. The van der Waals surface area contributed by atoms with Gasteiger partial charge in [-0.15, -0.1) is 11.3 Å². The van der Waals surface area contributed by atoms with Crippen molar-refractivity contribution in [3.63, 3.8) is 0 Å². The Hall–Kier alpha value is -1.99.